The van der Waals surface area contributed by atoms with Crippen LogP contribution in [0.2, 0.25) is 0 Å². The van der Waals surface area contributed by atoms with Gasteiger partial charge in [0, 0.05) is 11.1 Å². The lowest BCUT2D eigenvalue weighted by molar-refractivity contribution is 0.0990. The maximum absolute atomic E-state index is 12.2. The Balaban J connectivity index is 2.27. The highest BCUT2D eigenvalue weighted by atomic mass is 16.2. The Kier molecular flexibility index (Phi) is 2.29. The number of fused-ring (bicyclic) bond motifs is 1. The van der Waals surface area contributed by atoms with Crippen LogP contribution < -0.4 is 0 Å². The number of carbonyl (C=O) groups excluding carboxylic acids is 2. The van der Waals surface area contributed by atoms with Crippen molar-refractivity contribution in [3.05, 3.63) is 46.8 Å². The molecule has 0 saturated carbocycles. The Labute approximate surface area is 106 Å². The summed E-state index contributed by atoms with van der Waals surface area (Å²) in [5, 5.41) is 21.9. The van der Waals surface area contributed by atoms with E-state index in [-0.39, 0.29) is 17.0 Å². The third-order valence-corrected chi connectivity index (χ3v) is 2.80. The smallest absolute Gasteiger partial charge is 0.216 e. The molecule has 0 bridgehead atoms. The second-order valence-electron chi connectivity index (χ2n) is 3.80. The molecular weight excluding hydrogens is 246 g/mol. The number of ketones is 2. The van der Waals surface area contributed by atoms with Crippen LogP contribution in [0.25, 0.3) is 5.57 Å². The van der Waals surface area contributed by atoms with Gasteiger partial charge in [-0.05, 0) is 5.21 Å². The minimum Gasteiger partial charge on any atom is -0.288 e. The fourth-order valence-corrected chi connectivity index (χ4v) is 1.96. The van der Waals surface area contributed by atoms with Crippen LogP contribution in [0.5, 0.6) is 0 Å². The van der Waals surface area contributed by atoms with Crippen molar-refractivity contribution in [1.82, 2.24) is 20.6 Å². The van der Waals surface area contributed by atoms with Gasteiger partial charge >= 0.3 is 0 Å². The average molecular weight is 251 g/mol. The molecule has 1 aliphatic carbocycles. The number of aromatic amines is 1. The Morgan fingerprint density at radius 2 is 1.79 bits per heavy atom. The molecule has 1 aromatic heterocycles. The summed E-state index contributed by atoms with van der Waals surface area (Å²) in [6.07, 6.45) is 0. The number of benzene rings is 1. The van der Waals surface area contributed by atoms with Crippen molar-refractivity contribution in [2.75, 3.05) is 0 Å². The van der Waals surface area contributed by atoms with Crippen molar-refractivity contribution >= 4 is 17.1 Å². The monoisotopic (exact) mass is 251 g/mol. The largest absolute Gasteiger partial charge is 0.288 e. The van der Waals surface area contributed by atoms with Gasteiger partial charge in [-0.2, -0.15) is 10.5 Å². The van der Waals surface area contributed by atoms with Crippen molar-refractivity contribution < 1.29 is 9.59 Å². The number of hydrogen-bond donors (Lipinski definition) is 1. The van der Waals surface area contributed by atoms with Gasteiger partial charge in [0.15, 0.2) is 11.6 Å². The molecule has 0 saturated heterocycles. The highest BCUT2D eigenvalue weighted by Crippen LogP contribution is 2.30. The van der Waals surface area contributed by atoms with Crippen LogP contribution in [-0.4, -0.2) is 32.2 Å². The number of H-pyrrole nitrogens is 1. The van der Waals surface area contributed by atoms with E-state index in [1.165, 1.54) is 0 Å². The number of allylic oxidation sites excluding steroid dienone is 2. The van der Waals surface area contributed by atoms with Crippen LogP contribution in [0.1, 0.15) is 26.5 Å². The van der Waals surface area contributed by atoms with E-state index in [0.29, 0.717) is 11.1 Å². The molecule has 7 nitrogen and oxygen atoms in total. The molecule has 2 aromatic rings. The second-order valence-corrected chi connectivity index (χ2v) is 3.80. The molecule has 0 fully saturated rings. The molecule has 0 unspecified atom stereocenters. The normalized spacial score (nSPS) is 13.3. The predicted molar refractivity (Wildman–Crippen MR) is 61.8 cm³/mol. The van der Waals surface area contributed by atoms with E-state index in [0.717, 1.165) is 0 Å². The van der Waals surface area contributed by atoms with Crippen LogP contribution in [0, 0.1) is 11.3 Å². The minimum absolute atomic E-state index is 0.0630. The SMILES string of the molecule is N#CC(=C1C(=O)c2ccccc2C1=O)c1nn[nH]n1. The third-order valence-electron chi connectivity index (χ3n) is 2.80. The lowest BCUT2D eigenvalue weighted by Crippen LogP contribution is -2.05. The maximum Gasteiger partial charge on any atom is 0.216 e. The molecule has 1 heterocycles. The third kappa shape index (κ3) is 1.47. The fourth-order valence-electron chi connectivity index (χ4n) is 1.96. The van der Waals surface area contributed by atoms with Crippen molar-refractivity contribution in [2.45, 2.75) is 0 Å². The number of nitrogens with one attached hydrogen (secondary N) is 1. The summed E-state index contributed by atoms with van der Waals surface area (Å²) >= 11 is 0. The lowest BCUT2D eigenvalue weighted by atomic mass is 10.0. The van der Waals surface area contributed by atoms with Gasteiger partial charge < -0.3 is 0 Å². The van der Waals surface area contributed by atoms with Gasteiger partial charge in [-0.1, -0.05) is 24.3 Å². The maximum atomic E-state index is 12.2. The number of aromatic nitrogens is 4. The quantitative estimate of drug-likeness (QED) is 0.450. The predicted octanol–water partition coefficient (Wildman–Crippen LogP) is 0.556. The minimum atomic E-state index is -0.484. The summed E-state index contributed by atoms with van der Waals surface area (Å²) in [4.78, 5) is 24.4. The molecule has 1 aromatic carbocycles. The first kappa shape index (κ1) is 11.0. The molecule has 0 amide bonds. The zero-order valence-electron chi connectivity index (χ0n) is 9.41. The van der Waals surface area contributed by atoms with Gasteiger partial charge in [0.2, 0.25) is 5.82 Å². The van der Waals surface area contributed by atoms with Gasteiger partial charge in [0.1, 0.15) is 11.6 Å². The summed E-state index contributed by atoms with van der Waals surface area (Å²) < 4.78 is 0. The molecule has 0 atom stereocenters. The summed E-state index contributed by atoms with van der Waals surface area (Å²) in [5.41, 5.74) is 0.211. The van der Waals surface area contributed by atoms with E-state index in [9.17, 15) is 9.59 Å². The van der Waals surface area contributed by atoms with E-state index >= 15 is 0 Å². The highest BCUT2D eigenvalue weighted by molar-refractivity contribution is 6.42. The summed E-state index contributed by atoms with van der Waals surface area (Å²) in [6, 6.07) is 8.21. The Bertz CT molecular complexity index is 731. The van der Waals surface area contributed by atoms with Crippen LogP contribution >= 0.6 is 0 Å². The summed E-state index contributed by atoms with van der Waals surface area (Å²) in [7, 11) is 0. The van der Waals surface area contributed by atoms with Crippen LogP contribution in [-0.2, 0) is 0 Å². The van der Waals surface area contributed by atoms with E-state index < -0.39 is 11.6 Å². The molecule has 1 N–H and O–H groups in total. The lowest BCUT2D eigenvalue weighted by Gasteiger charge is -1.95. The number of Topliss-reactive ketones (excluding diaryl/α,β-unsaturated/α-hetero) is 2. The number of nitriles is 1. The van der Waals surface area contributed by atoms with Gasteiger partial charge in [0.05, 0.1) is 5.57 Å². The Hall–Kier alpha value is -3.14. The van der Waals surface area contributed by atoms with E-state index in [1.807, 2.05) is 0 Å². The van der Waals surface area contributed by atoms with Gasteiger partial charge in [-0.3, -0.25) is 9.59 Å². The van der Waals surface area contributed by atoms with E-state index in [1.54, 1.807) is 30.3 Å². The molecule has 7 heteroatoms. The molecule has 90 valence electrons. The number of carbonyl (C=O) groups is 2. The fraction of sp³-hybridized carbons (Fsp3) is 0. The first-order chi connectivity index (χ1) is 9.24. The molecule has 0 radical (unpaired) electrons. The molecule has 0 aliphatic heterocycles. The Morgan fingerprint density at radius 1 is 1.16 bits per heavy atom. The molecule has 3 rings (SSSR count). The zero-order valence-corrected chi connectivity index (χ0v) is 9.41. The van der Waals surface area contributed by atoms with Crippen LogP contribution in [0.3, 0.4) is 0 Å². The standard InChI is InChI=1S/C12H5N5O2/c13-5-8(12-14-16-17-15-12)9-10(18)6-3-1-2-4-7(6)11(9)19/h1-4H,(H,14,15,16,17). The first-order valence-corrected chi connectivity index (χ1v) is 5.30. The first-order valence-electron chi connectivity index (χ1n) is 5.30. The van der Waals surface area contributed by atoms with Crippen molar-refractivity contribution in [2.24, 2.45) is 0 Å². The Morgan fingerprint density at radius 3 is 2.26 bits per heavy atom. The van der Waals surface area contributed by atoms with Crippen LogP contribution in [0.15, 0.2) is 29.8 Å². The number of nitrogens with zero attached hydrogens (tertiary/aromatic N) is 4. The van der Waals surface area contributed by atoms with Gasteiger partial charge in [0.25, 0.3) is 0 Å². The molecule has 1 aliphatic rings. The van der Waals surface area contributed by atoms with Crippen molar-refractivity contribution in [3.8, 4) is 6.07 Å². The number of hydrogen-bond acceptors (Lipinski definition) is 6. The molecule has 19 heavy (non-hydrogen) atoms. The zero-order chi connectivity index (χ0) is 13.4. The van der Waals surface area contributed by atoms with Crippen molar-refractivity contribution in [3.63, 3.8) is 0 Å². The molecular formula is C12H5N5O2. The number of rotatable bonds is 1. The number of tetrazole rings is 1. The van der Waals surface area contributed by atoms with Crippen LogP contribution in [0.4, 0.5) is 0 Å². The summed E-state index contributed by atoms with van der Waals surface area (Å²) in [6.45, 7) is 0. The topological polar surface area (TPSA) is 112 Å². The van der Waals surface area contributed by atoms with Crippen molar-refractivity contribution in [1.29, 1.82) is 5.26 Å². The summed E-state index contributed by atoms with van der Waals surface area (Å²) in [5.74, 6) is -1.03. The van der Waals surface area contributed by atoms with E-state index in [2.05, 4.69) is 20.6 Å². The molecule has 0 spiro atoms. The highest BCUT2D eigenvalue weighted by Gasteiger charge is 2.36. The second kappa shape index (κ2) is 3.96. The van der Waals surface area contributed by atoms with E-state index in [4.69, 9.17) is 5.26 Å². The van der Waals surface area contributed by atoms with Gasteiger partial charge in [-0.15, -0.1) is 10.2 Å². The average Bonchev–Trinajstić information content (AvgIpc) is 3.04. The van der Waals surface area contributed by atoms with Gasteiger partial charge in [-0.25, -0.2) is 0 Å².